The average Bonchev–Trinajstić information content (AvgIpc) is 3.10. The molecule has 115 valence electrons. The molecule has 1 atom stereocenters. The predicted molar refractivity (Wildman–Crippen MR) is 87.9 cm³/mol. The molecule has 0 bridgehead atoms. The summed E-state index contributed by atoms with van der Waals surface area (Å²) in [4.78, 5) is 0. The number of hydrogen-bond donors (Lipinski definition) is 0. The largest absolute Gasteiger partial charge is 3.00 e. The molecule has 4 rings (SSSR count). The minimum atomic E-state index is 0. The van der Waals surface area contributed by atoms with Crippen molar-refractivity contribution in [1.82, 2.24) is 0 Å². The fourth-order valence-electron chi connectivity index (χ4n) is 3.33. The molecular weight excluding hydrogens is 402 g/mol. The van der Waals surface area contributed by atoms with Gasteiger partial charge in [-0.3, -0.25) is 0 Å². The van der Waals surface area contributed by atoms with Crippen LogP contribution in [0.15, 0.2) is 66.8 Å². The van der Waals surface area contributed by atoms with Crippen LogP contribution in [0.5, 0.6) is 0 Å². The molecule has 0 heterocycles. The Hall–Kier alpha value is -0.747. The third kappa shape index (κ3) is 3.53. The maximum Gasteiger partial charge on any atom is 3.00 e. The van der Waals surface area contributed by atoms with Crippen molar-refractivity contribution < 1.29 is 51.0 Å². The van der Waals surface area contributed by atoms with E-state index in [-0.39, 0.29) is 51.0 Å². The van der Waals surface area contributed by atoms with Gasteiger partial charge in [-0.15, -0.1) is 39.7 Å². The first-order valence-electron chi connectivity index (χ1n) is 7.34. The van der Waals surface area contributed by atoms with Crippen molar-refractivity contribution >= 4 is 27.1 Å². The molecule has 1 radical (unpaired) electrons. The van der Waals surface area contributed by atoms with Crippen molar-refractivity contribution in [3.8, 4) is 0 Å². The van der Waals surface area contributed by atoms with Crippen LogP contribution in [0, 0.1) is 5.92 Å². The predicted octanol–water partition coefficient (Wildman–Crippen LogP) is -0.303. The summed E-state index contributed by atoms with van der Waals surface area (Å²) < 4.78 is 0. The monoisotopic (exact) mass is 417 g/mol. The van der Waals surface area contributed by atoms with Gasteiger partial charge in [0.2, 0.25) is 0 Å². The van der Waals surface area contributed by atoms with Gasteiger partial charge in [-0.1, -0.05) is 61.0 Å². The molecule has 23 heavy (non-hydrogen) atoms. The van der Waals surface area contributed by atoms with Crippen molar-refractivity contribution in [1.29, 1.82) is 0 Å². The SMILES string of the molecule is CCC1C=CC=C1c1ccc2c(c1)[cH-]c1ccccc12.[Cl-].[Cl-].[Zr+3]. The van der Waals surface area contributed by atoms with Crippen molar-refractivity contribution in [3.05, 3.63) is 72.3 Å². The van der Waals surface area contributed by atoms with Crippen LogP contribution in [0.25, 0.3) is 27.1 Å². The molecule has 0 spiro atoms. The van der Waals surface area contributed by atoms with Crippen LogP contribution >= 0.6 is 0 Å². The Morgan fingerprint density at radius 1 is 0.957 bits per heavy atom. The van der Waals surface area contributed by atoms with Gasteiger partial charge in [0.1, 0.15) is 0 Å². The van der Waals surface area contributed by atoms with E-state index in [4.69, 9.17) is 0 Å². The van der Waals surface area contributed by atoms with Gasteiger partial charge in [0.05, 0.1) is 0 Å². The third-order valence-electron chi connectivity index (χ3n) is 4.41. The summed E-state index contributed by atoms with van der Waals surface area (Å²) in [5.41, 5.74) is 2.82. The zero-order valence-corrected chi connectivity index (χ0v) is 16.9. The maximum atomic E-state index is 2.34. The molecule has 0 amide bonds. The number of hydrogen-bond acceptors (Lipinski definition) is 0. The van der Waals surface area contributed by atoms with Gasteiger partial charge in [0, 0.05) is 5.92 Å². The van der Waals surface area contributed by atoms with Crippen molar-refractivity contribution in [2.75, 3.05) is 0 Å². The van der Waals surface area contributed by atoms with E-state index in [1.165, 1.54) is 39.1 Å². The van der Waals surface area contributed by atoms with E-state index in [9.17, 15) is 0 Å². The molecule has 0 N–H and O–H groups in total. The van der Waals surface area contributed by atoms with Crippen LogP contribution in [-0.4, -0.2) is 0 Å². The number of fused-ring (bicyclic) bond motifs is 3. The summed E-state index contributed by atoms with van der Waals surface area (Å²) in [6, 6.07) is 17.8. The molecule has 1 aliphatic carbocycles. The van der Waals surface area contributed by atoms with Gasteiger partial charge in [-0.25, -0.2) is 0 Å². The topological polar surface area (TPSA) is 0 Å². The summed E-state index contributed by atoms with van der Waals surface area (Å²) >= 11 is 0. The molecule has 3 aromatic carbocycles. The average molecular weight is 419 g/mol. The van der Waals surface area contributed by atoms with Gasteiger partial charge >= 0.3 is 26.2 Å². The first kappa shape index (κ1) is 20.3. The number of benzene rings is 2. The van der Waals surface area contributed by atoms with E-state index in [0.29, 0.717) is 5.92 Å². The van der Waals surface area contributed by atoms with Gasteiger partial charge in [0.15, 0.2) is 0 Å². The molecule has 1 aliphatic rings. The summed E-state index contributed by atoms with van der Waals surface area (Å²) in [5, 5.41) is 5.42. The Labute approximate surface area is 169 Å². The molecule has 0 saturated carbocycles. The fourth-order valence-corrected chi connectivity index (χ4v) is 3.33. The molecule has 3 aromatic rings. The van der Waals surface area contributed by atoms with Crippen LogP contribution in [0.4, 0.5) is 0 Å². The van der Waals surface area contributed by atoms with E-state index in [1.807, 2.05) is 0 Å². The van der Waals surface area contributed by atoms with Gasteiger partial charge in [-0.2, -0.15) is 0 Å². The second-order valence-electron chi connectivity index (χ2n) is 5.56. The zero-order valence-electron chi connectivity index (χ0n) is 12.9. The third-order valence-corrected chi connectivity index (χ3v) is 4.41. The molecule has 0 saturated heterocycles. The molecule has 0 fully saturated rings. The van der Waals surface area contributed by atoms with E-state index < -0.39 is 0 Å². The van der Waals surface area contributed by atoms with Crippen LogP contribution in [0.3, 0.4) is 0 Å². The van der Waals surface area contributed by atoms with E-state index in [1.54, 1.807) is 0 Å². The first-order valence-corrected chi connectivity index (χ1v) is 7.34. The second kappa shape index (κ2) is 8.38. The number of halogens is 2. The molecular formula is C20H17Cl2Zr. The first-order chi connectivity index (χ1) is 9.86. The summed E-state index contributed by atoms with van der Waals surface area (Å²) in [7, 11) is 0. The summed E-state index contributed by atoms with van der Waals surface area (Å²) in [5.74, 6) is 0.580. The van der Waals surface area contributed by atoms with Crippen molar-refractivity contribution in [3.63, 3.8) is 0 Å². The number of allylic oxidation sites excluding steroid dienone is 4. The quantitative estimate of drug-likeness (QED) is 0.501. The normalized spacial score (nSPS) is 15.7. The summed E-state index contributed by atoms with van der Waals surface area (Å²) in [6.45, 7) is 2.25. The smallest absolute Gasteiger partial charge is 1.00 e. The molecule has 0 aliphatic heterocycles. The van der Waals surface area contributed by atoms with Crippen molar-refractivity contribution in [2.45, 2.75) is 13.3 Å². The Balaban J connectivity index is 0.000000882. The van der Waals surface area contributed by atoms with E-state index in [0.717, 1.165) is 0 Å². The molecule has 3 heteroatoms. The van der Waals surface area contributed by atoms with Crippen LogP contribution < -0.4 is 24.8 Å². The Bertz CT molecular complexity index is 858. The standard InChI is InChI=1S/C20H17.2ClH.Zr/c1-2-14-7-5-9-18(14)16-10-11-20-17(13-16)12-15-6-3-4-8-19(15)20;;;/h3-14H,2H2,1H3;2*1H;/q-1;;;+3/p-2. The van der Waals surface area contributed by atoms with Crippen LogP contribution in [-0.2, 0) is 26.2 Å². The van der Waals surface area contributed by atoms with Gasteiger partial charge in [0.25, 0.3) is 0 Å². The van der Waals surface area contributed by atoms with Gasteiger partial charge < -0.3 is 24.8 Å². The summed E-state index contributed by atoms with van der Waals surface area (Å²) in [6.07, 6.45) is 7.93. The second-order valence-corrected chi connectivity index (χ2v) is 5.56. The van der Waals surface area contributed by atoms with Crippen LogP contribution in [0.2, 0.25) is 0 Å². The van der Waals surface area contributed by atoms with E-state index >= 15 is 0 Å². The zero-order chi connectivity index (χ0) is 13.5. The molecule has 0 nitrogen and oxygen atoms in total. The van der Waals surface area contributed by atoms with Crippen LogP contribution in [0.1, 0.15) is 18.9 Å². The van der Waals surface area contributed by atoms with Gasteiger partial charge in [-0.05, 0) is 12.0 Å². The molecule has 0 aromatic heterocycles. The minimum Gasteiger partial charge on any atom is -1.00 e. The molecule has 1 unspecified atom stereocenters. The number of rotatable bonds is 2. The minimum absolute atomic E-state index is 0. The van der Waals surface area contributed by atoms with E-state index in [2.05, 4.69) is 73.7 Å². The Kier molecular flexibility index (Phi) is 7.40. The Morgan fingerprint density at radius 3 is 2.48 bits per heavy atom. The fraction of sp³-hybridized carbons (Fsp3) is 0.150. The maximum absolute atomic E-state index is 2.34. The van der Waals surface area contributed by atoms with Crippen molar-refractivity contribution in [2.24, 2.45) is 5.92 Å². The Morgan fingerprint density at radius 2 is 1.70 bits per heavy atom.